The quantitative estimate of drug-likeness (QED) is 0.532. The molecule has 3 heteroatoms. The van der Waals surface area contributed by atoms with Crippen LogP contribution in [0.25, 0.3) is 0 Å². The molecule has 0 amide bonds. The topological polar surface area (TPSA) is 20.2 Å². The van der Waals surface area contributed by atoms with Gasteiger partial charge in [-0.25, -0.2) is 4.39 Å². The fourth-order valence-corrected chi connectivity index (χ4v) is 1.71. The Kier molecular flexibility index (Phi) is 2.14. The predicted molar refractivity (Wildman–Crippen MR) is 32.8 cm³/mol. The third-order valence-corrected chi connectivity index (χ3v) is 2.35. The normalized spacial score (nSPS) is 39.8. The first-order valence-corrected chi connectivity index (χ1v) is 3.86. The summed E-state index contributed by atoms with van der Waals surface area (Å²) in [7, 11) is 0. The Bertz CT molecular complexity index is 68.8. The first kappa shape index (κ1) is 6.36. The van der Waals surface area contributed by atoms with Gasteiger partial charge >= 0.3 is 0 Å². The van der Waals surface area contributed by atoms with Gasteiger partial charge in [0.05, 0.1) is 6.10 Å². The molecule has 0 aliphatic carbocycles. The molecule has 0 unspecified atom stereocenters. The summed E-state index contributed by atoms with van der Waals surface area (Å²) in [4.78, 5) is 0. The largest absolute Gasteiger partial charge is 0.389 e. The molecule has 48 valence electrons. The number of aliphatic hydroxyl groups is 1. The maximum Gasteiger partial charge on any atom is 0.127 e. The van der Waals surface area contributed by atoms with E-state index in [1.165, 1.54) is 0 Å². The number of thioether (sulfide) groups is 1. The first-order chi connectivity index (χ1) is 3.80. The maximum absolute atomic E-state index is 12.3. The molecule has 1 rings (SSSR count). The third-order valence-electron chi connectivity index (χ3n) is 1.24. The van der Waals surface area contributed by atoms with Crippen LogP contribution in [0.15, 0.2) is 0 Å². The lowest BCUT2D eigenvalue weighted by Gasteiger charge is -2.19. The second kappa shape index (κ2) is 2.69. The van der Waals surface area contributed by atoms with Crippen molar-refractivity contribution in [3.63, 3.8) is 0 Å². The second-order valence-electron chi connectivity index (χ2n) is 1.95. The number of hydrogen-bond donors (Lipinski definition) is 1. The van der Waals surface area contributed by atoms with Gasteiger partial charge in [-0.1, -0.05) is 0 Å². The molecule has 1 N–H and O–H groups in total. The van der Waals surface area contributed by atoms with E-state index in [1.54, 1.807) is 11.8 Å². The number of halogens is 1. The minimum atomic E-state index is -0.962. The predicted octanol–water partition coefficient (Wildman–Crippen LogP) is 0.822. The Hall–Kier alpha value is 0.240. The number of rotatable bonds is 0. The molecule has 0 aromatic rings. The van der Waals surface area contributed by atoms with Crippen molar-refractivity contribution in [3.05, 3.63) is 0 Å². The Morgan fingerprint density at radius 2 is 2.38 bits per heavy atom. The van der Waals surface area contributed by atoms with Crippen LogP contribution in [0, 0.1) is 0 Å². The lowest BCUT2D eigenvalue weighted by Crippen LogP contribution is -2.28. The van der Waals surface area contributed by atoms with Crippen molar-refractivity contribution >= 4 is 11.8 Å². The summed E-state index contributed by atoms with van der Waals surface area (Å²) >= 11 is 1.62. The van der Waals surface area contributed by atoms with Crippen LogP contribution < -0.4 is 0 Å². The zero-order valence-electron chi connectivity index (χ0n) is 4.51. The van der Waals surface area contributed by atoms with E-state index in [-0.39, 0.29) is 0 Å². The SMILES string of the molecule is O[C@H]1CSCC[C@H]1F. The fourth-order valence-electron chi connectivity index (χ4n) is 0.697. The summed E-state index contributed by atoms with van der Waals surface area (Å²) in [5, 5.41) is 8.78. The van der Waals surface area contributed by atoms with Crippen molar-refractivity contribution in [2.45, 2.75) is 18.7 Å². The summed E-state index contributed by atoms with van der Waals surface area (Å²) in [5.74, 6) is 1.43. The molecule has 1 nitrogen and oxygen atoms in total. The third kappa shape index (κ3) is 1.36. The highest BCUT2D eigenvalue weighted by Crippen LogP contribution is 2.19. The lowest BCUT2D eigenvalue weighted by molar-refractivity contribution is 0.0915. The molecule has 2 atom stereocenters. The summed E-state index contributed by atoms with van der Waals surface area (Å²) in [6.07, 6.45) is -1.14. The summed E-state index contributed by atoms with van der Waals surface area (Å²) in [5.41, 5.74) is 0. The Balaban J connectivity index is 2.28. The second-order valence-corrected chi connectivity index (χ2v) is 3.10. The van der Waals surface area contributed by atoms with Crippen LogP contribution in [-0.2, 0) is 0 Å². The Morgan fingerprint density at radius 1 is 1.62 bits per heavy atom. The van der Waals surface area contributed by atoms with E-state index in [2.05, 4.69) is 0 Å². The van der Waals surface area contributed by atoms with E-state index >= 15 is 0 Å². The van der Waals surface area contributed by atoms with Crippen molar-refractivity contribution in [1.82, 2.24) is 0 Å². The molecule has 0 radical (unpaired) electrons. The average Bonchev–Trinajstić information content (AvgIpc) is 1.77. The van der Waals surface area contributed by atoms with E-state index in [1.807, 2.05) is 0 Å². The highest BCUT2D eigenvalue weighted by molar-refractivity contribution is 7.99. The summed E-state index contributed by atoms with van der Waals surface area (Å²) < 4.78 is 12.3. The lowest BCUT2D eigenvalue weighted by atomic mass is 10.2. The molecule has 1 aliphatic heterocycles. The molecule has 1 saturated heterocycles. The first-order valence-electron chi connectivity index (χ1n) is 2.70. The van der Waals surface area contributed by atoms with E-state index in [0.29, 0.717) is 12.2 Å². The maximum atomic E-state index is 12.3. The van der Waals surface area contributed by atoms with Crippen molar-refractivity contribution < 1.29 is 9.50 Å². The van der Waals surface area contributed by atoms with Crippen molar-refractivity contribution in [2.75, 3.05) is 11.5 Å². The fraction of sp³-hybridized carbons (Fsp3) is 1.00. The van der Waals surface area contributed by atoms with Gasteiger partial charge < -0.3 is 5.11 Å². The summed E-state index contributed by atoms with van der Waals surface area (Å²) in [6, 6.07) is 0. The van der Waals surface area contributed by atoms with Crippen LogP contribution in [0.4, 0.5) is 4.39 Å². The molecule has 0 saturated carbocycles. The van der Waals surface area contributed by atoms with Crippen LogP contribution in [0.3, 0.4) is 0 Å². The molecule has 1 fully saturated rings. The molecule has 0 aromatic carbocycles. The van der Waals surface area contributed by atoms with Crippen LogP contribution in [0.1, 0.15) is 6.42 Å². The zero-order valence-corrected chi connectivity index (χ0v) is 5.33. The molecule has 1 aliphatic rings. The van der Waals surface area contributed by atoms with Gasteiger partial charge in [0.1, 0.15) is 6.17 Å². The molecule has 0 aromatic heterocycles. The van der Waals surface area contributed by atoms with E-state index < -0.39 is 12.3 Å². The average molecular weight is 136 g/mol. The molecule has 8 heavy (non-hydrogen) atoms. The van der Waals surface area contributed by atoms with Crippen molar-refractivity contribution in [3.8, 4) is 0 Å². The Labute approximate surface area is 52.3 Å². The molecular formula is C5H9FOS. The van der Waals surface area contributed by atoms with Gasteiger partial charge in [-0.15, -0.1) is 0 Å². The molecule has 0 bridgehead atoms. The minimum Gasteiger partial charge on any atom is -0.389 e. The van der Waals surface area contributed by atoms with Crippen LogP contribution in [0.2, 0.25) is 0 Å². The van der Waals surface area contributed by atoms with Gasteiger partial charge in [0.2, 0.25) is 0 Å². The monoisotopic (exact) mass is 136 g/mol. The zero-order chi connectivity index (χ0) is 5.98. The summed E-state index contributed by atoms with van der Waals surface area (Å²) in [6.45, 7) is 0. The molecule has 1 heterocycles. The number of hydrogen-bond acceptors (Lipinski definition) is 2. The minimum absolute atomic E-state index is 0.520. The van der Waals surface area contributed by atoms with Gasteiger partial charge in [0.25, 0.3) is 0 Å². The van der Waals surface area contributed by atoms with E-state index in [4.69, 9.17) is 5.11 Å². The molecular weight excluding hydrogens is 127 g/mol. The highest BCUT2D eigenvalue weighted by Gasteiger charge is 2.21. The van der Waals surface area contributed by atoms with Crippen LogP contribution in [-0.4, -0.2) is 28.9 Å². The number of alkyl halides is 1. The van der Waals surface area contributed by atoms with Gasteiger partial charge in [0.15, 0.2) is 0 Å². The smallest absolute Gasteiger partial charge is 0.127 e. The van der Waals surface area contributed by atoms with E-state index in [9.17, 15) is 4.39 Å². The standard InChI is InChI=1S/C5H9FOS/c6-4-1-2-8-3-5(4)7/h4-5,7H,1-3H2/t4-,5+/m1/s1. The van der Waals surface area contributed by atoms with Gasteiger partial charge in [-0.3, -0.25) is 0 Å². The van der Waals surface area contributed by atoms with Crippen LogP contribution in [0.5, 0.6) is 0 Å². The van der Waals surface area contributed by atoms with Gasteiger partial charge in [-0.05, 0) is 12.2 Å². The van der Waals surface area contributed by atoms with Crippen LogP contribution >= 0.6 is 11.8 Å². The van der Waals surface area contributed by atoms with Gasteiger partial charge in [-0.2, -0.15) is 11.8 Å². The van der Waals surface area contributed by atoms with E-state index in [0.717, 1.165) is 5.75 Å². The highest BCUT2D eigenvalue weighted by atomic mass is 32.2. The van der Waals surface area contributed by atoms with Crippen molar-refractivity contribution in [1.29, 1.82) is 0 Å². The van der Waals surface area contributed by atoms with Gasteiger partial charge in [0, 0.05) is 5.75 Å². The Morgan fingerprint density at radius 3 is 2.75 bits per heavy atom. The van der Waals surface area contributed by atoms with Crippen molar-refractivity contribution in [2.24, 2.45) is 0 Å². The number of aliphatic hydroxyl groups excluding tert-OH is 1. The molecule has 0 spiro atoms.